The number of hydrogen-bond acceptors (Lipinski definition) is 5. The van der Waals surface area contributed by atoms with E-state index in [1.807, 2.05) is 37.3 Å². The Hall–Kier alpha value is -2.90. The number of aliphatic carboxylic acids is 1. The third-order valence-electron chi connectivity index (χ3n) is 4.01. The van der Waals surface area contributed by atoms with Gasteiger partial charge in [-0.05, 0) is 50.6 Å². The van der Waals surface area contributed by atoms with Gasteiger partial charge in [0.25, 0.3) is 0 Å². The average Bonchev–Trinajstić information content (AvgIpc) is 2.68. The van der Waals surface area contributed by atoms with Crippen molar-refractivity contribution < 1.29 is 34.2 Å². The summed E-state index contributed by atoms with van der Waals surface area (Å²) < 4.78 is 16.5. The van der Waals surface area contributed by atoms with E-state index in [2.05, 4.69) is 0 Å². The fourth-order valence-electron chi connectivity index (χ4n) is 2.78. The van der Waals surface area contributed by atoms with Crippen LogP contribution >= 0.6 is 0 Å². The molecule has 0 radical (unpaired) electrons. The van der Waals surface area contributed by atoms with Crippen LogP contribution in [0.15, 0.2) is 48.5 Å². The third kappa shape index (κ3) is 7.56. The maximum atomic E-state index is 12.1. The van der Waals surface area contributed by atoms with Gasteiger partial charge in [-0.3, -0.25) is 0 Å². The van der Waals surface area contributed by atoms with Crippen molar-refractivity contribution in [3.8, 4) is 5.75 Å². The van der Waals surface area contributed by atoms with E-state index >= 15 is 0 Å². The summed E-state index contributed by atoms with van der Waals surface area (Å²) in [5.74, 6) is -0.418. The number of nitrogens with two attached hydrogens (primary N) is 1. The summed E-state index contributed by atoms with van der Waals surface area (Å²) in [5, 5.41) is 10.8. The molecule has 0 bridgehead atoms. The van der Waals surface area contributed by atoms with Gasteiger partial charge in [0.15, 0.2) is 6.10 Å². The first kappa shape index (κ1) is 22.4. The summed E-state index contributed by atoms with van der Waals surface area (Å²) in [5.41, 5.74) is 2.19. The Kier molecular flexibility index (Phi) is 8.64. The molecule has 2 rings (SSSR count). The molecule has 1 unspecified atom stereocenters. The lowest BCUT2D eigenvalue weighted by molar-refractivity contribution is -0.483. The first-order valence-corrected chi connectivity index (χ1v) is 9.58. The van der Waals surface area contributed by atoms with Gasteiger partial charge in [0.2, 0.25) is 0 Å². The van der Waals surface area contributed by atoms with Crippen molar-refractivity contribution in [2.24, 2.45) is 0 Å². The Balaban J connectivity index is 2.08. The number of benzene rings is 2. The van der Waals surface area contributed by atoms with Crippen LogP contribution in [-0.4, -0.2) is 36.0 Å². The number of amides is 1. The topological polar surface area (TPSA) is 98.7 Å². The quantitative estimate of drug-likeness (QED) is 0.593. The Labute approximate surface area is 170 Å². The minimum Gasteiger partial charge on any atom is -0.493 e. The number of rotatable bonds is 10. The van der Waals surface area contributed by atoms with Crippen LogP contribution in [0.3, 0.4) is 0 Å². The summed E-state index contributed by atoms with van der Waals surface area (Å²) in [6.45, 7) is 5.94. The van der Waals surface area contributed by atoms with E-state index in [1.165, 1.54) is 5.32 Å². The average molecular weight is 402 g/mol. The van der Waals surface area contributed by atoms with Crippen molar-refractivity contribution in [1.82, 2.24) is 0 Å². The molecule has 0 saturated carbocycles. The number of hydrogen-bond donors (Lipinski definition) is 2. The first-order valence-electron chi connectivity index (χ1n) is 9.58. The lowest BCUT2D eigenvalue weighted by atomic mass is 10.0. The summed E-state index contributed by atoms with van der Waals surface area (Å²) >= 11 is 0. The van der Waals surface area contributed by atoms with Crippen LogP contribution in [-0.2, 0) is 27.3 Å². The molecule has 29 heavy (non-hydrogen) atoms. The summed E-state index contributed by atoms with van der Waals surface area (Å²) in [6.07, 6.45) is -1.41. The number of para-hydroxylation sites is 1. The maximum Gasteiger partial charge on any atom is 0.518 e. The molecule has 0 aliphatic carbocycles. The Morgan fingerprint density at radius 3 is 2.45 bits per heavy atom. The van der Waals surface area contributed by atoms with Crippen LogP contribution < -0.4 is 10.1 Å². The minimum absolute atomic E-state index is 0.0219. The Morgan fingerprint density at radius 1 is 1.10 bits per heavy atom. The largest absolute Gasteiger partial charge is 0.518 e. The van der Waals surface area contributed by atoms with E-state index in [9.17, 15) is 14.7 Å². The molecule has 0 spiro atoms. The first-order chi connectivity index (χ1) is 13.9. The van der Waals surface area contributed by atoms with E-state index in [0.717, 1.165) is 11.3 Å². The van der Waals surface area contributed by atoms with E-state index in [1.54, 1.807) is 32.0 Å². The zero-order chi connectivity index (χ0) is 21.2. The van der Waals surface area contributed by atoms with E-state index in [-0.39, 0.29) is 19.1 Å². The predicted molar refractivity (Wildman–Crippen MR) is 107 cm³/mol. The third-order valence-corrected chi connectivity index (χ3v) is 4.01. The van der Waals surface area contributed by atoms with Crippen LogP contribution in [0.25, 0.3) is 0 Å². The van der Waals surface area contributed by atoms with Gasteiger partial charge < -0.3 is 19.3 Å². The van der Waals surface area contributed by atoms with Gasteiger partial charge in [-0.2, -0.15) is 4.79 Å². The summed E-state index contributed by atoms with van der Waals surface area (Å²) in [6, 6.07) is 14.5. The molecule has 3 N–H and O–H groups in total. The Morgan fingerprint density at radius 2 is 1.83 bits per heavy atom. The molecule has 156 valence electrons. The zero-order valence-corrected chi connectivity index (χ0v) is 17.0. The standard InChI is InChI=1S/C22H27NO6/c1-4-27-19-11-10-16(13-20(21(24)25)29-15(2)3)12-17(19)14-28-22(26)23-18-8-6-5-7-9-18/h5-12,15,20H,4,13-14H2,1-3H3,(H,23,26)(H,24,25)/p+1. The molecular formula is C22H28NO6+. The molecule has 7 nitrogen and oxygen atoms in total. The SMILES string of the molecule is CCOc1ccc(CC(OC(C)C)C(=O)O)cc1COC(=O)[NH2+]c1ccccc1. The van der Waals surface area contributed by atoms with Crippen molar-refractivity contribution in [2.45, 2.75) is 46.0 Å². The van der Waals surface area contributed by atoms with Gasteiger partial charge >= 0.3 is 12.1 Å². The van der Waals surface area contributed by atoms with E-state index in [0.29, 0.717) is 17.9 Å². The highest BCUT2D eigenvalue weighted by Gasteiger charge is 2.21. The molecule has 0 aliphatic heterocycles. The second kappa shape index (κ2) is 11.2. The molecule has 1 atom stereocenters. The van der Waals surface area contributed by atoms with Gasteiger partial charge in [-0.15, -0.1) is 0 Å². The zero-order valence-electron chi connectivity index (χ0n) is 17.0. The van der Waals surface area contributed by atoms with Gasteiger partial charge in [-0.1, -0.05) is 24.3 Å². The molecule has 1 amide bonds. The number of carbonyl (C=O) groups excluding carboxylic acids is 1. The van der Waals surface area contributed by atoms with Crippen molar-refractivity contribution in [2.75, 3.05) is 6.61 Å². The lowest BCUT2D eigenvalue weighted by Gasteiger charge is -2.18. The van der Waals surface area contributed by atoms with Gasteiger partial charge in [0.1, 0.15) is 18.0 Å². The van der Waals surface area contributed by atoms with Crippen molar-refractivity contribution >= 4 is 17.7 Å². The molecule has 0 fully saturated rings. The molecule has 0 aliphatic rings. The van der Waals surface area contributed by atoms with Crippen LogP contribution in [0.5, 0.6) is 5.75 Å². The highest BCUT2D eigenvalue weighted by molar-refractivity contribution is 5.72. The van der Waals surface area contributed by atoms with Gasteiger partial charge in [0.05, 0.1) is 12.7 Å². The number of ether oxygens (including phenoxy) is 3. The molecule has 0 aromatic heterocycles. The fraction of sp³-hybridized carbons (Fsp3) is 0.364. The minimum atomic E-state index is -1.02. The van der Waals surface area contributed by atoms with Gasteiger partial charge in [0, 0.05) is 12.0 Å². The summed E-state index contributed by atoms with van der Waals surface area (Å²) in [7, 11) is 0. The second-order valence-corrected chi connectivity index (χ2v) is 6.75. The van der Waals surface area contributed by atoms with E-state index in [4.69, 9.17) is 14.2 Å². The monoisotopic (exact) mass is 402 g/mol. The second-order valence-electron chi connectivity index (χ2n) is 6.75. The highest BCUT2D eigenvalue weighted by atomic mass is 16.5. The number of carbonyl (C=O) groups is 2. The van der Waals surface area contributed by atoms with Crippen molar-refractivity contribution in [1.29, 1.82) is 0 Å². The van der Waals surface area contributed by atoms with Crippen molar-refractivity contribution in [3.05, 3.63) is 59.7 Å². The maximum absolute atomic E-state index is 12.1. The van der Waals surface area contributed by atoms with E-state index < -0.39 is 18.2 Å². The number of carboxylic acids is 1. The molecule has 0 heterocycles. The molecule has 2 aromatic carbocycles. The normalized spacial score (nSPS) is 11.9. The van der Waals surface area contributed by atoms with Crippen LogP contribution in [0.4, 0.5) is 10.5 Å². The van der Waals surface area contributed by atoms with Gasteiger partial charge in [-0.25, -0.2) is 10.1 Å². The number of primary amides is 1. The molecule has 2 aromatic rings. The Bertz CT molecular complexity index is 806. The highest BCUT2D eigenvalue weighted by Crippen LogP contribution is 2.23. The predicted octanol–water partition coefficient (Wildman–Crippen LogP) is 3.04. The number of carboxylic acid groups (broad SMARTS) is 1. The smallest absolute Gasteiger partial charge is 0.493 e. The van der Waals surface area contributed by atoms with Crippen LogP contribution in [0.1, 0.15) is 31.9 Å². The molecule has 7 heteroatoms. The van der Waals surface area contributed by atoms with Crippen molar-refractivity contribution in [3.63, 3.8) is 0 Å². The summed E-state index contributed by atoms with van der Waals surface area (Å²) in [4.78, 5) is 23.6. The molecular weight excluding hydrogens is 374 g/mol. The number of quaternary nitrogens is 1. The van der Waals surface area contributed by atoms with Crippen LogP contribution in [0.2, 0.25) is 0 Å². The fourth-order valence-corrected chi connectivity index (χ4v) is 2.78. The van der Waals surface area contributed by atoms with Crippen LogP contribution in [0, 0.1) is 0 Å². The molecule has 0 saturated heterocycles. The lowest BCUT2D eigenvalue weighted by Crippen LogP contribution is -2.82.